The Balaban J connectivity index is 0.00000119. The van der Waals surface area contributed by atoms with E-state index in [0.29, 0.717) is 56.8 Å². The number of nitrogens with zero attached hydrogens (tertiary/aromatic N) is 3. The van der Waals surface area contributed by atoms with Gasteiger partial charge in [0.2, 0.25) is 24.7 Å². The quantitative estimate of drug-likeness (QED) is 0.161. The van der Waals surface area contributed by atoms with Crippen LogP contribution < -0.4 is 20.7 Å². The molecule has 0 radical (unpaired) electrons. The predicted octanol–water partition coefficient (Wildman–Crippen LogP) is 3.43. The third-order valence-corrected chi connectivity index (χ3v) is 8.03. The van der Waals surface area contributed by atoms with Gasteiger partial charge in [0.15, 0.2) is 5.78 Å². The molecule has 1 aliphatic heterocycles. The van der Waals surface area contributed by atoms with Crippen LogP contribution in [0.3, 0.4) is 0 Å². The molecule has 0 bridgehead atoms. The number of ketones is 1. The molecular formula is C30H40BrN7O5. The number of piperidine rings is 1. The zero-order chi connectivity index (χ0) is 31.4. The second-order valence-electron chi connectivity index (χ2n) is 10.00. The summed E-state index contributed by atoms with van der Waals surface area (Å²) in [6, 6.07) is 9.47. The summed E-state index contributed by atoms with van der Waals surface area (Å²) < 4.78 is 6.07. The second kappa shape index (κ2) is 16.5. The third-order valence-electron chi connectivity index (χ3n) is 7.43. The summed E-state index contributed by atoms with van der Waals surface area (Å²) in [7, 11) is 6.84. The fourth-order valence-corrected chi connectivity index (χ4v) is 5.59. The molecule has 3 amide bonds. The highest BCUT2D eigenvalue weighted by Crippen LogP contribution is 2.27. The van der Waals surface area contributed by atoms with Crippen LogP contribution in [-0.4, -0.2) is 98.2 Å². The number of imidazole rings is 1. The van der Waals surface area contributed by atoms with E-state index in [1.165, 1.54) is 0 Å². The van der Waals surface area contributed by atoms with Crippen molar-refractivity contribution in [1.29, 1.82) is 0 Å². The summed E-state index contributed by atoms with van der Waals surface area (Å²) in [5.74, 6) is 1.27. The molecule has 13 heteroatoms. The Labute approximate surface area is 260 Å². The largest absolute Gasteiger partial charge is 0.497 e. The first kappa shape index (κ1) is 33.4. The summed E-state index contributed by atoms with van der Waals surface area (Å²) in [5.41, 5.74) is 4.12. The van der Waals surface area contributed by atoms with E-state index in [0.717, 1.165) is 38.9 Å². The number of rotatable bonds is 13. The number of hydrogen-bond acceptors (Lipinski definition) is 8. The number of methoxy groups -OCH3 is 1. The number of anilines is 2. The van der Waals surface area contributed by atoms with E-state index in [1.807, 2.05) is 30.1 Å². The molecule has 1 aliphatic rings. The lowest BCUT2D eigenvalue weighted by atomic mass is 10.0. The lowest BCUT2D eigenvalue weighted by Crippen LogP contribution is -2.47. The molecule has 0 spiro atoms. The normalized spacial score (nSPS) is 13.0. The van der Waals surface area contributed by atoms with Crippen molar-refractivity contribution in [2.75, 3.05) is 58.5 Å². The maximum Gasteiger partial charge on any atom is 0.223 e. The minimum absolute atomic E-state index is 0.0337. The van der Waals surface area contributed by atoms with Gasteiger partial charge < -0.3 is 35.5 Å². The second-order valence-corrected chi connectivity index (χ2v) is 10.9. The zero-order valence-electron chi connectivity index (χ0n) is 25.0. The van der Waals surface area contributed by atoms with E-state index in [1.54, 1.807) is 38.2 Å². The molecule has 0 saturated carbocycles. The van der Waals surface area contributed by atoms with E-state index in [2.05, 4.69) is 41.8 Å². The van der Waals surface area contributed by atoms with Crippen LogP contribution in [0.15, 0.2) is 34.8 Å². The number of ether oxygens (including phenoxy) is 1. The highest BCUT2D eigenvalue weighted by Gasteiger charge is 2.27. The Morgan fingerprint density at radius 1 is 1.12 bits per heavy atom. The van der Waals surface area contributed by atoms with Crippen LogP contribution in [-0.2, 0) is 20.8 Å². The highest BCUT2D eigenvalue weighted by molar-refractivity contribution is 9.10. The Kier molecular flexibility index (Phi) is 12.8. The molecule has 2 aromatic carbocycles. The van der Waals surface area contributed by atoms with E-state index in [9.17, 15) is 14.4 Å². The third kappa shape index (κ3) is 8.93. The number of halogens is 1. The number of benzene rings is 2. The van der Waals surface area contributed by atoms with Gasteiger partial charge in [-0.2, -0.15) is 0 Å². The van der Waals surface area contributed by atoms with Crippen molar-refractivity contribution in [2.45, 2.75) is 38.1 Å². The Hall–Kier alpha value is -4.13. The Morgan fingerprint density at radius 3 is 2.44 bits per heavy atom. The number of carbonyl (C=O) groups excluding carboxylic acids is 4. The summed E-state index contributed by atoms with van der Waals surface area (Å²) in [5, 5.41) is 8.39. The number of nitrogens with one attached hydrogen (secondary N) is 4. The number of amides is 3. The molecule has 4 rings (SSSR count). The first-order valence-electron chi connectivity index (χ1n) is 14.1. The van der Waals surface area contributed by atoms with Crippen LogP contribution in [0.2, 0.25) is 0 Å². The molecule has 232 valence electrons. The predicted molar refractivity (Wildman–Crippen MR) is 171 cm³/mol. The first-order chi connectivity index (χ1) is 20.8. The molecule has 1 aromatic heterocycles. The van der Waals surface area contributed by atoms with Crippen molar-refractivity contribution in [1.82, 2.24) is 25.1 Å². The number of fused-ring (bicyclic) bond motifs is 1. The van der Waals surface area contributed by atoms with Gasteiger partial charge in [-0.05, 0) is 71.1 Å². The summed E-state index contributed by atoms with van der Waals surface area (Å²) >= 11 is 3.49. The number of Topliss-reactive ketones (excluding diaryl/α,β-unsaturated/α-hetero) is 1. The minimum atomic E-state index is -0.0907. The SMILES string of the molecule is CNC=O.CNc1nc2c(Br)cc(C(=O)CCC(=O)N3CCC(N(C=O)CCc4cc(OC)ccc4NC)CC3)cc2[nH]1. The van der Waals surface area contributed by atoms with Crippen LogP contribution in [0.1, 0.15) is 41.6 Å². The standard InChI is InChI=1S/C28H35BrN6O4.C2H5NO/c1-30-23-5-4-21(39-3)14-18(23)8-11-35(17-36)20-9-12-34(13-10-20)26(38)7-6-25(37)19-15-22(29)27-24(16-19)32-28(31-2)33-27;1-3-2-4/h4-5,14-17,20,30H,6-13H2,1-3H3,(H2,31,32,33);2H,1H3,(H,3,4). The van der Waals surface area contributed by atoms with Crippen molar-refractivity contribution in [3.05, 3.63) is 45.9 Å². The van der Waals surface area contributed by atoms with Crippen molar-refractivity contribution in [3.8, 4) is 5.75 Å². The van der Waals surface area contributed by atoms with Gasteiger partial charge in [-0.25, -0.2) is 4.98 Å². The van der Waals surface area contributed by atoms with Crippen LogP contribution in [0.25, 0.3) is 11.0 Å². The van der Waals surface area contributed by atoms with Gasteiger partial charge in [0.25, 0.3) is 0 Å². The number of aromatic amines is 1. The lowest BCUT2D eigenvalue weighted by molar-refractivity contribution is -0.133. The van der Waals surface area contributed by atoms with Gasteiger partial charge >= 0.3 is 0 Å². The zero-order valence-corrected chi connectivity index (χ0v) is 26.6. The maximum atomic E-state index is 12.9. The number of hydrogen-bond donors (Lipinski definition) is 4. The molecule has 0 unspecified atom stereocenters. The van der Waals surface area contributed by atoms with Gasteiger partial charge in [-0.1, -0.05) is 0 Å². The number of likely N-dealkylation sites (tertiary alicyclic amines) is 1. The van der Waals surface area contributed by atoms with Gasteiger partial charge in [0.1, 0.15) is 11.3 Å². The van der Waals surface area contributed by atoms with Crippen LogP contribution in [0.4, 0.5) is 11.6 Å². The molecule has 0 aliphatic carbocycles. The van der Waals surface area contributed by atoms with Crippen molar-refractivity contribution in [3.63, 3.8) is 0 Å². The van der Waals surface area contributed by atoms with Gasteiger partial charge in [-0.15, -0.1) is 0 Å². The molecule has 12 nitrogen and oxygen atoms in total. The van der Waals surface area contributed by atoms with E-state index >= 15 is 0 Å². The van der Waals surface area contributed by atoms with E-state index in [4.69, 9.17) is 9.53 Å². The number of aromatic nitrogens is 2. The van der Waals surface area contributed by atoms with Crippen LogP contribution in [0, 0.1) is 0 Å². The fourth-order valence-electron chi connectivity index (χ4n) is 5.04. The number of carbonyl (C=O) groups is 4. The van der Waals surface area contributed by atoms with Crippen molar-refractivity contribution < 1.29 is 23.9 Å². The molecule has 43 heavy (non-hydrogen) atoms. The maximum absolute atomic E-state index is 12.9. The smallest absolute Gasteiger partial charge is 0.223 e. The average molecular weight is 659 g/mol. The van der Waals surface area contributed by atoms with Gasteiger partial charge in [0.05, 0.1) is 12.6 Å². The van der Waals surface area contributed by atoms with E-state index < -0.39 is 0 Å². The van der Waals surface area contributed by atoms with Crippen molar-refractivity contribution >= 4 is 63.1 Å². The number of H-pyrrole nitrogens is 1. The topological polar surface area (TPSA) is 149 Å². The molecule has 0 atom stereocenters. The molecule has 1 saturated heterocycles. The molecule has 1 fully saturated rings. The fraction of sp³-hybridized carbons (Fsp3) is 0.433. The summed E-state index contributed by atoms with van der Waals surface area (Å²) in [6.45, 7) is 1.73. The Bertz CT molecular complexity index is 1410. The summed E-state index contributed by atoms with van der Waals surface area (Å²) in [4.78, 5) is 57.9. The monoisotopic (exact) mass is 657 g/mol. The minimum Gasteiger partial charge on any atom is -0.497 e. The first-order valence-corrected chi connectivity index (χ1v) is 14.9. The van der Waals surface area contributed by atoms with Gasteiger partial charge in [-0.3, -0.25) is 19.2 Å². The van der Waals surface area contributed by atoms with Crippen LogP contribution >= 0.6 is 15.9 Å². The molecular weight excluding hydrogens is 618 g/mol. The molecule has 3 aromatic rings. The molecule has 2 heterocycles. The molecule has 4 N–H and O–H groups in total. The average Bonchev–Trinajstić information content (AvgIpc) is 3.48. The van der Waals surface area contributed by atoms with Crippen LogP contribution in [0.5, 0.6) is 5.75 Å². The van der Waals surface area contributed by atoms with Gasteiger partial charge in [0, 0.05) is 75.4 Å². The van der Waals surface area contributed by atoms with Crippen molar-refractivity contribution in [2.24, 2.45) is 0 Å². The Morgan fingerprint density at radius 2 is 1.84 bits per heavy atom. The van der Waals surface area contributed by atoms with E-state index in [-0.39, 0.29) is 30.6 Å². The highest BCUT2D eigenvalue weighted by atomic mass is 79.9. The summed E-state index contributed by atoms with van der Waals surface area (Å²) in [6.07, 6.45) is 3.96. The lowest BCUT2D eigenvalue weighted by Gasteiger charge is -2.37.